The maximum absolute atomic E-state index is 5.35. The van der Waals surface area contributed by atoms with Gasteiger partial charge in [0.2, 0.25) is 0 Å². The minimum atomic E-state index is 0.604. The average Bonchev–Trinajstić information content (AvgIpc) is 2.75. The third-order valence-corrected chi connectivity index (χ3v) is 5.56. The summed E-state index contributed by atoms with van der Waals surface area (Å²) in [6.07, 6.45) is 0. The Morgan fingerprint density at radius 2 is 1.61 bits per heavy atom. The van der Waals surface area contributed by atoms with E-state index in [1.807, 2.05) is 78.9 Å². The minimum absolute atomic E-state index is 0.604. The van der Waals surface area contributed by atoms with Crippen molar-refractivity contribution in [1.29, 1.82) is 0 Å². The van der Waals surface area contributed by atoms with Crippen LogP contribution in [0.1, 0.15) is 0 Å². The van der Waals surface area contributed by atoms with Crippen LogP contribution in [0.15, 0.2) is 93.3 Å². The van der Waals surface area contributed by atoms with E-state index in [0.29, 0.717) is 5.82 Å². The first kappa shape index (κ1) is 18.7. The first-order valence-corrected chi connectivity index (χ1v) is 10.2. The van der Waals surface area contributed by atoms with Crippen molar-refractivity contribution >= 4 is 27.7 Å². The molecule has 0 aliphatic rings. The maximum Gasteiger partial charge on any atom is 0.182 e. The van der Waals surface area contributed by atoms with Crippen LogP contribution in [0.25, 0.3) is 22.6 Å². The highest BCUT2D eigenvalue weighted by atomic mass is 79.9. The molecule has 1 heterocycles. The number of methoxy groups -OCH3 is 1. The average molecular weight is 450 g/mol. The summed E-state index contributed by atoms with van der Waals surface area (Å²) in [6.45, 7) is 0. The van der Waals surface area contributed by atoms with Crippen molar-refractivity contribution in [2.75, 3.05) is 7.11 Å². The molecule has 0 bridgehead atoms. The lowest BCUT2D eigenvalue weighted by Crippen LogP contribution is -1.99. The molecular weight excluding hydrogens is 434 g/mol. The summed E-state index contributed by atoms with van der Waals surface area (Å²) in [4.78, 5) is 5.85. The van der Waals surface area contributed by atoms with Gasteiger partial charge in [0.25, 0.3) is 0 Å². The Bertz CT molecular complexity index is 1090. The Labute approximate surface area is 176 Å². The van der Waals surface area contributed by atoms with Gasteiger partial charge in [0, 0.05) is 20.5 Å². The molecule has 0 saturated carbocycles. The van der Waals surface area contributed by atoms with Crippen molar-refractivity contribution < 1.29 is 4.74 Å². The lowest BCUT2D eigenvalue weighted by molar-refractivity contribution is 0.413. The van der Waals surface area contributed by atoms with E-state index in [2.05, 4.69) is 26.1 Å². The summed E-state index contributed by atoms with van der Waals surface area (Å²) >= 11 is 5.02. The van der Waals surface area contributed by atoms with Crippen LogP contribution in [0.2, 0.25) is 0 Å². The molecule has 4 rings (SSSR count). The molecule has 0 N–H and O–H groups in total. The molecule has 0 aliphatic carbocycles. The van der Waals surface area contributed by atoms with Crippen LogP contribution >= 0.6 is 27.7 Å². The SMILES string of the molecule is COc1cccc(Sc2nc(-c3ccccc3)nnc2-c2ccc(Br)cc2)c1. The molecule has 0 unspecified atom stereocenters. The summed E-state index contributed by atoms with van der Waals surface area (Å²) in [5, 5.41) is 9.68. The second kappa shape index (κ2) is 8.54. The number of hydrogen-bond acceptors (Lipinski definition) is 5. The van der Waals surface area contributed by atoms with Crippen LogP contribution in [0.3, 0.4) is 0 Å². The van der Waals surface area contributed by atoms with Crippen molar-refractivity contribution in [1.82, 2.24) is 15.2 Å². The van der Waals surface area contributed by atoms with Crippen molar-refractivity contribution in [2.24, 2.45) is 0 Å². The molecule has 28 heavy (non-hydrogen) atoms. The second-order valence-electron chi connectivity index (χ2n) is 5.94. The molecule has 138 valence electrons. The Balaban J connectivity index is 1.80. The van der Waals surface area contributed by atoms with Gasteiger partial charge in [-0.05, 0) is 30.3 Å². The van der Waals surface area contributed by atoms with Crippen molar-refractivity contribution in [3.8, 4) is 28.4 Å². The molecular formula is C22H16BrN3OS. The van der Waals surface area contributed by atoms with E-state index in [1.54, 1.807) is 18.9 Å². The van der Waals surface area contributed by atoms with Gasteiger partial charge in [0.1, 0.15) is 16.5 Å². The molecule has 0 radical (unpaired) electrons. The Morgan fingerprint density at radius 1 is 0.821 bits per heavy atom. The predicted octanol–water partition coefficient (Wildman–Crippen LogP) is 6.13. The minimum Gasteiger partial charge on any atom is -0.497 e. The van der Waals surface area contributed by atoms with Gasteiger partial charge in [0.05, 0.1) is 7.11 Å². The molecule has 0 spiro atoms. The lowest BCUT2D eigenvalue weighted by Gasteiger charge is -2.10. The molecule has 3 aromatic carbocycles. The number of aromatic nitrogens is 3. The fourth-order valence-electron chi connectivity index (χ4n) is 2.66. The lowest BCUT2D eigenvalue weighted by atomic mass is 10.1. The van der Waals surface area contributed by atoms with E-state index in [1.165, 1.54) is 0 Å². The van der Waals surface area contributed by atoms with E-state index in [9.17, 15) is 0 Å². The van der Waals surface area contributed by atoms with Crippen LogP contribution in [-0.4, -0.2) is 22.3 Å². The highest BCUT2D eigenvalue weighted by molar-refractivity contribution is 9.10. The summed E-state index contributed by atoms with van der Waals surface area (Å²) in [6, 6.07) is 25.8. The van der Waals surface area contributed by atoms with E-state index in [-0.39, 0.29) is 0 Å². The molecule has 0 saturated heterocycles. The summed E-state index contributed by atoms with van der Waals surface area (Å²) in [7, 11) is 1.66. The van der Waals surface area contributed by atoms with Gasteiger partial charge in [-0.15, -0.1) is 10.2 Å². The summed E-state index contributed by atoms with van der Waals surface area (Å²) < 4.78 is 6.36. The zero-order valence-corrected chi connectivity index (χ0v) is 17.4. The largest absolute Gasteiger partial charge is 0.497 e. The van der Waals surface area contributed by atoms with Crippen molar-refractivity contribution in [2.45, 2.75) is 9.92 Å². The topological polar surface area (TPSA) is 47.9 Å². The number of rotatable bonds is 5. The molecule has 4 nitrogen and oxygen atoms in total. The van der Waals surface area contributed by atoms with Crippen molar-refractivity contribution in [3.05, 3.63) is 83.3 Å². The standard InChI is InChI=1S/C22H16BrN3OS/c1-27-18-8-5-9-19(14-18)28-22-20(15-10-12-17(23)13-11-15)25-26-21(24-22)16-6-3-2-4-7-16/h2-14H,1H3. The smallest absolute Gasteiger partial charge is 0.182 e. The van der Waals surface area contributed by atoms with Gasteiger partial charge >= 0.3 is 0 Å². The maximum atomic E-state index is 5.35. The van der Waals surface area contributed by atoms with Crippen LogP contribution < -0.4 is 4.74 Å². The Hall–Kier alpha value is -2.70. The van der Waals surface area contributed by atoms with Crippen LogP contribution in [0.4, 0.5) is 0 Å². The van der Waals surface area contributed by atoms with Crippen LogP contribution in [0.5, 0.6) is 5.75 Å². The fraction of sp³-hybridized carbons (Fsp3) is 0.0455. The zero-order valence-electron chi connectivity index (χ0n) is 15.0. The number of benzene rings is 3. The zero-order chi connectivity index (χ0) is 19.3. The van der Waals surface area contributed by atoms with Crippen molar-refractivity contribution in [3.63, 3.8) is 0 Å². The molecule has 0 aliphatic heterocycles. The first-order valence-electron chi connectivity index (χ1n) is 8.61. The molecule has 0 atom stereocenters. The number of halogens is 1. The van der Waals surface area contributed by atoms with Crippen LogP contribution in [0, 0.1) is 0 Å². The van der Waals surface area contributed by atoms with Gasteiger partial charge in [-0.1, -0.05) is 76.2 Å². The Morgan fingerprint density at radius 3 is 2.36 bits per heavy atom. The second-order valence-corrected chi connectivity index (χ2v) is 7.92. The third kappa shape index (κ3) is 4.24. The normalized spacial score (nSPS) is 10.6. The van der Waals surface area contributed by atoms with Gasteiger partial charge < -0.3 is 4.74 Å². The van der Waals surface area contributed by atoms with Gasteiger partial charge in [0.15, 0.2) is 5.82 Å². The van der Waals surface area contributed by atoms with Gasteiger partial charge in [-0.25, -0.2) is 4.98 Å². The molecule has 0 amide bonds. The van der Waals surface area contributed by atoms with Crippen LogP contribution in [-0.2, 0) is 0 Å². The van der Waals surface area contributed by atoms with E-state index in [0.717, 1.165) is 37.0 Å². The number of ether oxygens (including phenoxy) is 1. The van der Waals surface area contributed by atoms with Gasteiger partial charge in [-0.2, -0.15) is 0 Å². The quantitative estimate of drug-likeness (QED) is 0.366. The monoisotopic (exact) mass is 449 g/mol. The number of nitrogens with zero attached hydrogens (tertiary/aromatic N) is 3. The van der Waals surface area contributed by atoms with E-state index < -0.39 is 0 Å². The molecule has 6 heteroatoms. The molecule has 0 fully saturated rings. The van der Waals surface area contributed by atoms with E-state index in [4.69, 9.17) is 9.72 Å². The summed E-state index contributed by atoms with van der Waals surface area (Å²) in [5.74, 6) is 1.41. The third-order valence-electron chi connectivity index (χ3n) is 4.06. The fourth-order valence-corrected chi connectivity index (χ4v) is 3.85. The summed E-state index contributed by atoms with van der Waals surface area (Å²) in [5.41, 5.74) is 2.65. The highest BCUT2D eigenvalue weighted by Gasteiger charge is 2.14. The molecule has 4 aromatic rings. The Kier molecular flexibility index (Phi) is 5.69. The first-order chi connectivity index (χ1) is 13.7. The van der Waals surface area contributed by atoms with Gasteiger partial charge in [-0.3, -0.25) is 0 Å². The highest BCUT2D eigenvalue weighted by Crippen LogP contribution is 2.35. The molecule has 1 aromatic heterocycles. The number of hydrogen-bond donors (Lipinski definition) is 0. The predicted molar refractivity (Wildman–Crippen MR) is 116 cm³/mol. The van der Waals surface area contributed by atoms with E-state index >= 15 is 0 Å².